The van der Waals surface area contributed by atoms with Crippen molar-refractivity contribution in [1.82, 2.24) is 4.90 Å². The molecule has 0 spiro atoms. The van der Waals surface area contributed by atoms with E-state index < -0.39 is 5.60 Å². The van der Waals surface area contributed by atoms with Gasteiger partial charge in [-0.2, -0.15) is 0 Å². The number of piperidine rings is 1. The van der Waals surface area contributed by atoms with Crippen LogP contribution in [0.2, 0.25) is 0 Å². The number of nitrogens with zero attached hydrogens (tertiary/aromatic N) is 1. The van der Waals surface area contributed by atoms with E-state index in [1.807, 2.05) is 0 Å². The SMILES string of the molecule is CC(=O)CC(=O)N1CCCC(C)(O)C1. The fourth-order valence-electron chi connectivity index (χ4n) is 1.76. The molecule has 1 aliphatic heterocycles. The zero-order chi connectivity index (χ0) is 10.8. The summed E-state index contributed by atoms with van der Waals surface area (Å²) in [4.78, 5) is 23.8. The lowest BCUT2D eigenvalue weighted by molar-refractivity contribution is -0.140. The van der Waals surface area contributed by atoms with Crippen molar-refractivity contribution in [3.63, 3.8) is 0 Å². The minimum absolute atomic E-state index is 0.0456. The zero-order valence-corrected chi connectivity index (χ0v) is 8.75. The van der Waals surface area contributed by atoms with Gasteiger partial charge in [-0.25, -0.2) is 0 Å². The zero-order valence-electron chi connectivity index (χ0n) is 8.75. The fourth-order valence-corrected chi connectivity index (χ4v) is 1.76. The topological polar surface area (TPSA) is 57.6 Å². The van der Waals surface area contributed by atoms with E-state index in [4.69, 9.17) is 0 Å². The van der Waals surface area contributed by atoms with Crippen molar-refractivity contribution in [2.24, 2.45) is 0 Å². The maximum atomic E-state index is 11.5. The van der Waals surface area contributed by atoms with Gasteiger partial charge in [-0.05, 0) is 26.7 Å². The van der Waals surface area contributed by atoms with Crippen LogP contribution in [0, 0.1) is 0 Å². The largest absolute Gasteiger partial charge is 0.388 e. The third-order valence-corrected chi connectivity index (χ3v) is 2.43. The van der Waals surface area contributed by atoms with Crippen molar-refractivity contribution < 1.29 is 14.7 Å². The van der Waals surface area contributed by atoms with Crippen molar-refractivity contribution in [2.75, 3.05) is 13.1 Å². The second-order valence-electron chi connectivity index (χ2n) is 4.29. The molecule has 0 aromatic rings. The summed E-state index contributed by atoms with van der Waals surface area (Å²) in [6, 6.07) is 0. The van der Waals surface area contributed by atoms with Crippen LogP contribution >= 0.6 is 0 Å². The van der Waals surface area contributed by atoms with Crippen LogP contribution in [0.4, 0.5) is 0 Å². The summed E-state index contributed by atoms with van der Waals surface area (Å²) in [6.45, 7) is 4.13. The molecule has 0 radical (unpaired) electrons. The van der Waals surface area contributed by atoms with Crippen molar-refractivity contribution in [3.8, 4) is 0 Å². The maximum Gasteiger partial charge on any atom is 0.230 e. The molecule has 0 aliphatic carbocycles. The number of likely N-dealkylation sites (tertiary alicyclic amines) is 1. The highest BCUT2D eigenvalue weighted by Crippen LogP contribution is 2.20. The molecule has 0 aromatic carbocycles. The Bertz CT molecular complexity index is 248. The van der Waals surface area contributed by atoms with E-state index in [1.54, 1.807) is 11.8 Å². The van der Waals surface area contributed by atoms with Gasteiger partial charge in [-0.1, -0.05) is 0 Å². The number of aliphatic hydroxyl groups is 1. The van der Waals surface area contributed by atoms with Crippen LogP contribution in [0.15, 0.2) is 0 Å². The fraction of sp³-hybridized carbons (Fsp3) is 0.800. The van der Waals surface area contributed by atoms with E-state index in [1.165, 1.54) is 6.92 Å². The molecule has 80 valence electrons. The lowest BCUT2D eigenvalue weighted by atomic mass is 9.95. The summed E-state index contributed by atoms with van der Waals surface area (Å²) < 4.78 is 0. The van der Waals surface area contributed by atoms with Gasteiger partial charge in [0, 0.05) is 13.1 Å². The van der Waals surface area contributed by atoms with E-state index in [2.05, 4.69) is 0 Å². The highest BCUT2D eigenvalue weighted by atomic mass is 16.3. The second-order valence-corrected chi connectivity index (χ2v) is 4.29. The molecular formula is C10H17NO3. The van der Waals surface area contributed by atoms with E-state index >= 15 is 0 Å². The van der Waals surface area contributed by atoms with Crippen LogP contribution in [0.3, 0.4) is 0 Å². The quantitative estimate of drug-likeness (QED) is 0.652. The van der Waals surface area contributed by atoms with Crippen molar-refractivity contribution in [1.29, 1.82) is 0 Å². The van der Waals surface area contributed by atoms with E-state index in [0.29, 0.717) is 13.1 Å². The third-order valence-electron chi connectivity index (χ3n) is 2.43. The Balaban J connectivity index is 2.52. The number of amides is 1. The van der Waals surface area contributed by atoms with Gasteiger partial charge in [0.2, 0.25) is 5.91 Å². The Labute approximate surface area is 83.9 Å². The maximum absolute atomic E-state index is 11.5. The summed E-state index contributed by atoms with van der Waals surface area (Å²) in [5.41, 5.74) is -0.787. The highest BCUT2D eigenvalue weighted by Gasteiger charge is 2.30. The molecule has 1 fully saturated rings. The van der Waals surface area contributed by atoms with Gasteiger partial charge in [-0.15, -0.1) is 0 Å². The van der Waals surface area contributed by atoms with E-state index in [-0.39, 0.29) is 18.1 Å². The Morgan fingerprint density at radius 1 is 1.50 bits per heavy atom. The predicted molar refractivity (Wildman–Crippen MR) is 51.7 cm³/mol. The van der Waals surface area contributed by atoms with Crippen molar-refractivity contribution in [3.05, 3.63) is 0 Å². The molecule has 0 aromatic heterocycles. The molecule has 4 heteroatoms. The van der Waals surface area contributed by atoms with Gasteiger partial charge in [0.05, 0.1) is 12.0 Å². The van der Waals surface area contributed by atoms with Crippen LogP contribution < -0.4 is 0 Å². The average molecular weight is 199 g/mol. The monoisotopic (exact) mass is 199 g/mol. The summed E-state index contributed by atoms with van der Waals surface area (Å²) in [5, 5.41) is 9.75. The lowest BCUT2D eigenvalue weighted by Crippen LogP contribution is -2.48. The molecule has 4 nitrogen and oxygen atoms in total. The van der Waals surface area contributed by atoms with Crippen LogP contribution in [-0.4, -0.2) is 40.4 Å². The minimum Gasteiger partial charge on any atom is -0.388 e. The molecule has 14 heavy (non-hydrogen) atoms. The van der Waals surface area contributed by atoms with Crippen molar-refractivity contribution >= 4 is 11.7 Å². The van der Waals surface area contributed by atoms with E-state index in [9.17, 15) is 14.7 Å². The summed E-state index contributed by atoms with van der Waals surface area (Å²) in [5.74, 6) is -0.294. The van der Waals surface area contributed by atoms with Gasteiger partial charge in [-0.3, -0.25) is 9.59 Å². The normalized spacial score (nSPS) is 27.5. The summed E-state index contributed by atoms with van der Waals surface area (Å²) >= 11 is 0. The number of Topliss-reactive ketones (excluding diaryl/α,β-unsaturated/α-hetero) is 1. The Hall–Kier alpha value is -0.900. The lowest BCUT2D eigenvalue weighted by Gasteiger charge is -2.36. The molecule has 1 saturated heterocycles. The number of hydrogen-bond donors (Lipinski definition) is 1. The molecule has 1 unspecified atom stereocenters. The first kappa shape index (κ1) is 11.2. The van der Waals surface area contributed by atoms with Crippen LogP contribution in [-0.2, 0) is 9.59 Å². The molecule has 1 heterocycles. The molecule has 0 saturated carbocycles. The Morgan fingerprint density at radius 3 is 2.64 bits per heavy atom. The first-order chi connectivity index (χ1) is 6.41. The number of β-amino-alcohol motifs (C(OH)–C–C–N with tert-alkyl or cyclic N) is 1. The van der Waals surface area contributed by atoms with Crippen LogP contribution in [0.1, 0.15) is 33.1 Å². The van der Waals surface area contributed by atoms with Gasteiger partial charge < -0.3 is 10.0 Å². The first-order valence-corrected chi connectivity index (χ1v) is 4.90. The van der Waals surface area contributed by atoms with Gasteiger partial charge in [0.15, 0.2) is 0 Å². The first-order valence-electron chi connectivity index (χ1n) is 4.90. The van der Waals surface area contributed by atoms with Gasteiger partial charge in [0.1, 0.15) is 5.78 Å². The Kier molecular flexibility index (Phi) is 3.26. The van der Waals surface area contributed by atoms with E-state index in [0.717, 1.165) is 12.8 Å². The van der Waals surface area contributed by atoms with Gasteiger partial charge >= 0.3 is 0 Å². The molecule has 1 aliphatic rings. The second kappa shape index (κ2) is 4.09. The predicted octanol–water partition coefficient (Wildman–Crippen LogP) is 0.339. The average Bonchev–Trinajstić information content (AvgIpc) is 2.01. The molecule has 1 N–H and O–H groups in total. The smallest absolute Gasteiger partial charge is 0.230 e. The number of ketones is 1. The number of hydrogen-bond acceptors (Lipinski definition) is 3. The minimum atomic E-state index is -0.787. The standard InChI is InChI=1S/C10H17NO3/c1-8(12)6-9(13)11-5-3-4-10(2,14)7-11/h14H,3-7H2,1-2H3. The summed E-state index contributed by atoms with van der Waals surface area (Å²) in [7, 11) is 0. The highest BCUT2D eigenvalue weighted by molar-refractivity contribution is 5.96. The number of carbonyl (C=O) groups is 2. The molecule has 1 atom stereocenters. The molecule has 0 bridgehead atoms. The Morgan fingerprint density at radius 2 is 2.14 bits per heavy atom. The molecule has 1 rings (SSSR count). The van der Waals surface area contributed by atoms with Crippen molar-refractivity contribution in [2.45, 2.75) is 38.7 Å². The summed E-state index contributed by atoms with van der Waals surface area (Å²) in [6.07, 6.45) is 1.48. The number of carbonyl (C=O) groups excluding carboxylic acids is 2. The van der Waals surface area contributed by atoms with Crippen LogP contribution in [0.5, 0.6) is 0 Å². The molecule has 1 amide bonds. The number of rotatable bonds is 2. The van der Waals surface area contributed by atoms with Crippen LogP contribution in [0.25, 0.3) is 0 Å². The van der Waals surface area contributed by atoms with Gasteiger partial charge in [0.25, 0.3) is 0 Å². The molecular weight excluding hydrogens is 182 g/mol. The third kappa shape index (κ3) is 3.10.